The van der Waals surface area contributed by atoms with E-state index in [0.717, 1.165) is 0 Å². The van der Waals surface area contributed by atoms with Gasteiger partial charge in [-0.05, 0) is 30.7 Å². The number of ether oxygens (including phenoxy) is 1. The van der Waals surface area contributed by atoms with Crippen LogP contribution in [0, 0.1) is 6.92 Å². The van der Waals surface area contributed by atoms with E-state index >= 15 is 0 Å². The van der Waals surface area contributed by atoms with Gasteiger partial charge in [0.1, 0.15) is 17.1 Å². The molecule has 0 aliphatic carbocycles. The summed E-state index contributed by atoms with van der Waals surface area (Å²) >= 11 is 6.14. The number of fused-ring (bicyclic) bond motifs is 1. The van der Waals surface area contributed by atoms with E-state index in [-0.39, 0.29) is 22.9 Å². The first-order valence-corrected chi connectivity index (χ1v) is 8.27. The molecule has 2 N–H and O–H groups in total. The van der Waals surface area contributed by atoms with E-state index in [0.29, 0.717) is 16.7 Å². The summed E-state index contributed by atoms with van der Waals surface area (Å²) in [5, 5.41) is 5.49. The lowest BCUT2D eigenvalue weighted by molar-refractivity contribution is -0.122. The van der Waals surface area contributed by atoms with Crippen LogP contribution in [0.3, 0.4) is 0 Å². The van der Waals surface area contributed by atoms with Gasteiger partial charge in [-0.1, -0.05) is 11.6 Å². The summed E-state index contributed by atoms with van der Waals surface area (Å²) in [6, 6.07) is 7.05. The van der Waals surface area contributed by atoms with Gasteiger partial charge in [0.25, 0.3) is 5.91 Å². The van der Waals surface area contributed by atoms with Gasteiger partial charge in [-0.2, -0.15) is 0 Å². The average Bonchev–Trinajstić information content (AvgIpc) is 3.12. The maximum Gasteiger partial charge on any atom is 0.336 e. The highest BCUT2D eigenvalue weighted by Gasteiger charge is 2.13. The predicted molar refractivity (Wildman–Crippen MR) is 96.8 cm³/mol. The number of benzene rings is 1. The number of nitrogens with one attached hydrogen (secondary N) is 2. The Kier molecular flexibility index (Phi) is 5.46. The van der Waals surface area contributed by atoms with Crippen LogP contribution in [0.1, 0.15) is 11.3 Å². The summed E-state index contributed by atoms with van der Waals surface area (Å²) < 4.78 is 15.5. The van der Waals surface area contributed by atoms with Crippen molar-refractivity contribution in [1.82, 2.24) is 10.6 Å². The van der Waals surface area contributed by atoms with Crippen LogP contribution in [0.15, 0.2) is 50.2 Å². The number of rotatable bonds is 5. The molecule has 0 unspecified atom stereocenters. The van der Waals surface area contributed by atoms with Gasteiger partial charge in [-0.3, -0.25) is 10.1 Å². The quantitative estimate of drug-likeness (QED) is 0.648. The van der Waals surface area contributed by atoms with Crippen LogP contribution in [0.25, 0.3) is 11.0 Å². The monoisotopic (exact) mass is 390 g/mol. The van der Waals surface area contributed by atoms with Gasteiger partial charge in [-0.25, -0.2) is 9.59 Å². The van der Waals surface area contributed by atoms with Crippen molar-refractivity contribution < 1.29 is 23.2 Å². The topological polar surface area (TPSA) is 111 Å². The molecule has 3 amide bonds. The van der Waals surface area contributed by atoms with Crippen LogP contribution in [-0.2, 0) is 11.3 Å². The molecular formula is C18H15ClN2O6. The van der Waals surface area contributed by atoms with Gasteiger partial charge in [0.05, 0.1) is 17.8 Å². The molecule has 3 rings (SSSR count). The zero-order valence-electron chi connectivity index (χ0n) is 14.2. The zero-order chi connectivity index (χ0) is 19.4. The second kappa shape index (κ2) is 7.96. The lowest BCUT2D eigenvalue weighted by Crippen LogP contribution is -2.41. The third-order valence-electron chi connectivity index (χ3n) is 3.62. The van der Waals surface area contributed by atoms with Crippen LogP contribution < -0.4 is 21.0 Å². The van der Waals surface area contributed by atoms with Gasteiger partial charge in [0, 0.05) is 17.5 Å². The summed E-state index contributed by atoms with van der Waals surface area (Å²) in [6.07, 6.45) is 1.48. The number of amides is 3. The van der Waals surface area contributed by atoms with Crippen molar-refractivity contribution in [3.63, 3.8) is 0 Å². The number of hydrogen-bond acceptors (Lipinski definition) is 6. The molecular weight excluding hydrogens is 376 g/mol. The fraction of sp³-hybridized carbons (Fsp3) is 0.167. The van der Waals surface area contributed by atoms with E-state index in [1.165, 1.54) is 18.4 Å². The van der Waals surface area contributed by atoms with Crippen LogP contribution in [0.2, 0.25) is 5.02 Å². The molecule has 1 aromatic carbocycles. The Morgan fingerprint density at radius 2 is 2.07 bits per heavy atom. The maximum atomic E-state index is 11.8. The number of furan rings is 1. The van der Waals surface area contributed by atoms with Crippen molar-refractivity contribution in [1.29, 1.82) is 0 Å². The molecule has 0 saturated heterocycles. The van der Waals surface area contributed by atoms with Gasteiger partial charge in [0.15, 0.2) is 6.61 Å². The molecule has 0 saturated carbocycles. The van der Waals surface area contributed by atoms with Crippen molar-refractivity contribution in [2.24, 2.45) is 0 Å². The summed E-state index contributed by atoms with van der Waals surface area (Å²) in [4.78, 5) is 35.0. The fourth-order valence-corrected chi connectivity index (χ4v) is 2.58. The molecule has 140 valence electrons. The van der Waals surface area contributed by atoms with Crippen LogP contribution >= 0.6 is 11.6 Å². The normalized spacial score (nSPS) is 10.6. The van der Waals surface area contributed by atoms with E-state index in [1.54, 1.807) is 25.1 Å². The zero-order valence-corrected chi connectivity index (χ0v) is 15.0. The molecule has 0 aliphatic rings. The highest BCUT2D eigenvalue weighted by molar-refractivity contribution is 6.32. The first-order chi connectivity index (χ1) is 12.9. The third-order valence-corrected chi connectivity index (χ3v) is 3.91. The molecule has 2 heterocycles. The third kappa shape index (κ3) is 4.68. The van der Waals surface area contributed by atoms with Gasteiger partial charge in [-0.15, -0.1) is 0 Å². The molecule has 3 aromatic rings. The van der Waals surface area contributed by atoms with Crippen molar-refractivity contribution >= 4 is 34.5 Å². The molecule has 0 fully saturated rings. The molecule has 0 spiro atoms. The fourth-order valence-electron chi connectivity index (χ4n) is 2.36. The van der Waals surface area contributed by atoms with E-state index in [1.807, 2.05) is 0 Å². The minimum Gasteiger partial charge on any atom is -0.482 e. The second-order valence-corrected chi connectivity index (χ2v) is 6.03. The lowest BCUT2D eigenvalue weighted by Gasteiger charge is -2.10. The van der Waals surface area contributed by atoms with Crippen molar-refractivity contribution in [2.45, 2.75) is 13.5 Å². The average molecular weight is 391 g/mol. The van der Waals surface area contributed by atoms with Gasteiger partial charge in [0.2, 0.25) is 0 Å². The maximum absolute atomic E-state index is 11.8. The summed E-state index contributed by atoms with van der Waals surface area (Å²) in [5.41, 5.74) is 0.496. The van der Waals surface area contributed by atoms with Gasteiger partial charge >= 0.3 is 11.7 Å². The first-order valence-electron chi connectivity index (χ1n) is 7.89. The number of imide groups is 1. The van der Waals surface area contributed by atoms with Crippen LogP contribution in [0.5, 0.6) is 5.75 Å². The molecule has 0 bridgehead atoms. The van der Waals surface area contributed by atoms with E-state index in [2.05, 4.69) is 10.6 Å². The summed E-state index contributed by atoms with van der Waals surface area (Å²) in [5.74, 6) is 0.0337. The Bertz CT molecular complexity index is 1040. The van der Waals surface area contributed by atoms with Crippen molar-refractivity contribution in [3.05, 3.63) is 63.4 Å². The van der Waals surface area contributed by atoms with E-state index in [4.69, 9.17) is 25.2 Å². The smallest absolute Gasteiger partial charge is 0.336 e. The second-order valence-electron chi connectivity index (χ2n) is 5.63. The van der Waals surface area contributed by atoms with E-state index < -0.39 is 24.2 Å². The Morgan fingerprint density at radius 1 is 1.26 bits per heavy atom. The number of carbonyl (C=O) groups excluding carboxylic acids is 2. The first kappa shape index (κ1) is 18.5. The summed E-state index contributed by atoms with van der Waals surface area (Å²) in [6.45, 7) is 1.45. The highest BCUT2D eigenvalue weighted by atomic mass is 35.5. The number of hydrogen-bond donors (Lipinski definition) is 2. The SMILES string of the molecule is Cc1cc(=O)oc2cc(OCC(=O)NC(=O)NCc3ccco3)c(Cl)cc12. The van der Waals surface area contributed by atoms with Crippen LogP contribution in [0.4, 0.5) is 4.79 Å². The number of halogens is 1. The number of aryl methyl sites for hydroxylation is 1. The van der Waals surface area contributed by atoms with Crippen molar-refractivity contribution in [3.8, 4) is 5.75 Å². The Morgan fingerprint density at radius 3 is 2.81 bits per heavy atom. The Balaban J connectivity index is 1.59. The molecule has 9 heteroatoms. The molecule has 0 aliphatic heterocycles. The minimum atomic E-state index is -0.689. The van der Waals surface area contributed by atoms with Crippen molar-refractivity contribution in [2.75, 3.05) is 6.61 Å². The standard InChI is InChI=1S/C18H15ClN2O6/c1-10-5-17(23)27-14-7-15(13(19)6-12(10)14)26-9-16(22)21-18(24)20-8-11-3-2-4-25-11/h2-7H,8-9H2,1H3,(H2,20,21,22,24). The Labute approximate surface area is 158 Å². The number of urea groups is 1. The molecule has 2 aromatic heterocycles. The number of carbonyl (C=O) groups is 2. The molecule has 27 heavy (non-hydrogen) atoms. The Hall–Kier alpha value is -3.26. The largest absolute Gasteiger partial charge is 0.482 e. The molecule has 0 atom stereocenters. The summed E-state index contributed by atoms with van der Waals surface area (Å²) in [7, 11) is 0. The molecule has 8 nitrogen and oxygen atoms in total. The van der Waals surface area contributed by atoms with Gasteiger partial charge < -0.3 is 18.9 Å². The van der Waals surface area contributed by atoms with E-state index in [9.17, 15) is 14.4 Å². The molecule has 0 radical (unpaired) electrons. The predicted octanol–water partition coefficient (Wildman–Crippen LogP) is 2.75. The lowest BCUT2D eigenvalue weighted by atomic mass is 10.1. The van der Waals surface area contributed by atoms with Crippen LogP contribution in [-0.4, -0.2) is 18.5 Å². The minimum absolute atomic E-state index is 0.141. The highest BCUT2D eigenvalue weighted by Crippen LogP contribution is 2.30.